The van der Waals surface area contributed by atoms with Gasteiger partial charge in [-0.25, -0.2) is 4.98 Å². The Morgan fingerprint density at radius 3 is 2.30 bits per heavy atom. The SMILES string of the molecule is COc1cc(OC)c2ccc(-c3ccccc3)cc2n1. The molecule has 0 aliphatic heterocycles. The molecule has 3 aromatic rings. The van der Waals surface area contributed by atoms with Gasteiger partial charge in [-0.05, 0) is 23.3 Å². The highest BCUT2D eigenvalue weighted by molar-refractivity contribution is 5.89. The van der Waals surface area contributed by atoms with Crippen molar-refractivity contribution in [3.05, 3.63) is 54.6 Å². The van der Waals surface area contributed by atoms with Crippen LogP contribution in [0.25, 0.3) is 22.0 Å². The van der Waals surface area contributed by atoms with Crippen LogP contribution in [-0.4, -0.2) is 19.2 Å². The molecule has 20 heavy (non-hydrogen) atoms. The van der Waals surface area contributed by atoms with Gasteiger partial charge in [0.15, 0.2) is 0 Å². The van der Waals surface area contributed by atoms with Gasteiger partial charge < -0.3 is 9.47 Å². The number of pyridine rings is 1. The van der Waals surface area contributed by atoms with Gasteiger partial charge in [-0.3, -0.25) is 0 Å². The first kappa shape index (κ1) is 12.5. The van der Waals surface area contributed by atoms with Gasteiger partial charge in [0.2, 0.25) is 5.88 Å². The molecule has 0 aliphatic carbocycles. The summed E-state index contributed by atoms with van der Waals surface area (Å²) in [6, 6.07) is 18.2. The van der Waals surface area contributed by atoms with Crippen LogP contribution in [0.4, 0.5) is 0 Å². The van der Waals surface area contributed by atoms with Crippen LogP contribution in [0.5, 0.6) is 11.6 Å². The summed E-state index contributed by atoms with van der Waals surface area (Å²) in [4.78, 5) is 4.49. The van der Waals surface area contributed by atoms with E-state index in [-0.39, 0.29) is 0 Å². The summed E-state index contributed by atoms with van der Waals surface area (Å²) in [6.45, 7) is 0. The number of methoxy groups -OCH3 is 2. The molecule has 3 heteroatoms. The van der Waals surface area contributed by atoms with E-state index in [1.54, 1.807) is 20.3 Å². The van der Waals surface area contributed by atoms with Crippen LogP contribution in [0.1, 0.15) is 0 Å². The lowest BCUT2D eigenvalue weighted by atomic mass is 10.0. The van der Waals surface area contributed by atoms with E-state index in [1.807, 2.05) is 24.3 Å². The van der Waals surface area contributed by atoms with Gasteiger partial charge in [-0.15, -0.1) is 0 Å². The average molecular weight is 265 g/mol. The summed E-state index contributed by atoms with van der Waals surface area (Å²) in [7, 11) is 3.26. The molecule has 0 N–H and O–H groups in total. The molecule has 0 atom stereocenters. The summed E-state index contributed by atoms with van der Waals surface area (Å²) in [6.07, 6.45) is 0. The highest BCUT2D eigenvalue weighted by Gasteiger charge is 2.08. The highest BCUT2D eigenvalue weighted by atomic mass is 16.5. The van der Waals surface area contributed by atoms with E-state index in [4.69, 9.17) is 9.47 Å². The van der Waals surface area contributed by atoms with E-state index >= 15 is 0 Å². The summed E-state index contributed by atoms with van der Waals surface area (Å²) < 4.78 is 10.6. The van der Waals surface area contributed by atoms with Crippen LogP contribution in [0, 0.1) is 0 Å². The van der Waals surface area contributed by atoms with Crippen molar-refractivity contribution in [3.8, 4) is 22.8 Å². The molecule has 3 nitrogen and oxygen atoms in total. The molecular weight excluding hydrogens is 250 g/mol. The molecule has 3 rings (SSSR count). The minimum absolute atomic E-state index is 0.555. The Morgan fingerprint density at radius 2 is 1.60 bits per heavy atom. The summed E-state index contributed by atoms with van der Waals surface area (Å²) in [5.41, 5.74) is 3.15. The molecule has 1 heterocycles. The number of hydrogen-bond acceptors (Lipinski definition) is 3. The monoisotopic (exact) mass is 265 g/mol. The lowest BCUT2D eigenvalue weighted by Crippen LogP contribution is -1.92. The summed E-state index contributed by atoms with van der Waals surface area (Å²) in [5.74, 6) is 1.33. The third-order valence-electron chi connectivity index (χ3n) is 3.28. The average Bonchev–Trinajstić information content (AvgIpc) is 2.54. The van der Waals surface area contributed by atoms with Crippen LogP contribution in [0.3, 0.4) is 0 Å². The first-order chi connectivity index (χ1) is 9.81. The zero-order valence-electron chi connectivity index (χ0n) is 11.5. The van der Waals surface area contributed by atoms with E-state index in [2.05, 4.69) is 29.2 Å². The molecule has 0 amide bonds. The van der Waals surface area contributed by atoms with Crippen molar-refractivity contribution in [2.75, 3.05) is 14.2 Å². The molecule has 0 fully saturated rings. The normalized spacial score (nSPS) is 10.5. The van der Waals surface area contributed by atoms with Gasteiger partial charge in [0.1, 0.15) is 5.75 Å². The van der Waals surface area contributed by atoms with Crippen molar-refractivity contribution in [1.29, 1.82) is 0 Å². The first-order valence-corrected chi connectivity index (χ1v) is 6.40. The van der Waals surface area contributed by atoms with Crippen LogP contribution >= 0.6 is 0 Å². The highest BCUT2D eigenvalue weighted by Crippen LogP contribution is 2.31. The van der Waals surface area contributed by atoms with E-state index in [1.165, 1.54) is 0 Å². The van der Waals surface area contributed by atoms with Gasteiger partial charge in [-0.1, -0.05) is 36.4 Å². The Kier molecular flexibility index (Phi) is 3.25. The van der Waals surface area contributed by atoms with Gasteiger partial charge >= 0.3 is 0 Å². The molecule has 2 aromatic carbocycles. The zero-order chi connectivity index (χ0) is 13.9. The largest absolute Gasteiger partial charge is 0.496 e. The fourth-order valence-electron chi connectivity index (χ4n) is 2.26. The fourth-order valence-corrected chi connectivity index (χ4v) is 2.26. The number of nitrogens with zero attached hydrogens (tertiary/aromatic N) is 1. The van der Waals surface area contributed by atoms with Crippen LogP contribution in [0.15, 0.2) is 54.6 Å². The molecule has 0 saturated carbocycles. The van der Waals surface area contributed by atoms with Crippen LogP contribution < -0.4 is 9.47 Å². The molecule has 0 unspecified atom stereocenters. The standard InChI is InChI=1S/C17H15NO2/c1-19-16-11-17(20-2)18-15-10-13(8-9-14(15)16)12-6-4-3-5-7-12/h3-11H,1-2H3. The van der Waals surface area contributed by atoms with E-state index in [0.717, 1.165) is 27.8 Å². The predicted octanol–water partition coefficient (Wildman–Crippen LogP) is 3.92. The van der Waals surface area contributed by atoms with E-state index in [0.29, 0.717) is 5.88 Å². The Labute approximate surface area is 117 Å². The number of hydrogen-bond donors (Lipinski definition) is 0. The molecule has 100 valence electrons. The minimum atomic E-state index is 0.555. The first-order valence-electron chi connectivity index (χ1n) is 6.40. The maximum absolute atomic E-state index is 5.40. The molecular formula is C17H15NO2. The number of ether oxygens (including phenoxy) is 2. The van der Waals surface area contributed by atoms with Crippen molar-refractivity contribution in [1.82, 2.24) is 4.98 Å². The van der Waals surface area contributed by atoms with Crippen LogP contribution in [0.2, 0.25) is 0 Å². The van der Waals surface area contributed by atoms with Crippen molar-refractivity contribution in [2.24, 2.45) is 0 Å². The quantitative estimate of drug-likeness (QED) is 0.719. The molecule has 0 bridgehead atoms. The van der Waals surface area contributed by atoms with Gasteiger partial charge in [-0.2, -0.15) is 0 Å². The Bertz CT molecular complexity index is 739. The van der Waals surface area contributed by atoms with Crippen LogP contribution in [-0.2, 0) is 0 Å². The lowest BCUT2D eigenvalue weighted by Gasteiger charge is -2.09. The van der Waals surface area contributed by atoms with Gasteiger partial charge in [0.25, 0.3) is 0 Å². The maximum Gasteiger partial charge on any atom is 0.217 e. The Hall–Kier alpha value is -2.55. The van der Waals surface area contributed by atoms with Crippen molar-refractivity contribution >= 4 is 10.9 Å². The van der Waals surface area contributed by atoms with Crippen molar-refractivity contribution in [2.45, 2.75) is 0 Å². The second-order valence-corrected chi connectivity index (χ2v) is 4.46. The van der Waals surface area contributed by atoms with Crippen molar-refractivity contribution in [3.63, 3.8) is 0 Å². The second kappa shape index (κ2) is 5.21. The number of fused-ring (bicyclic) bond motifs is 1. The lowest BCUT2D eigenvalue weighted by molar-refractivity contribution is 0.386. The zero-order valence-corrected chi connectivity index (χ0v) is 11.5. The Morgan fingerprint density at radius 1 is 0.800 bits per heavy atom. The molecule has 0 spiro atoms. The topological polar surface area (TPSA) is 31.4 Å². The molecule has 1 aromatic heterocycles. The predicted molar refractivity (Wildman–Crippen MR) is 80.3 cm³/mol. The molecule has 0 aliphatic rings. The third-order valence-corrected chi connectivity index (χ3v) is 3.28. The second-order valence-electron chi connectivity index (χ2n) is 4.46. The van der Waals surface area contributed by atoms with Gasteiger partial charge in [0.05, 0.1) is 19.7 Å². The summed E-state index contributed by atoms with van der Waals surface area (Å²) in [5, 5.41) is 0.980. The fraction of sp³-hybridized carbons (Fsp3) is 0.118. The number of benzene rings is 2. The smallest absolute Gasteiger partial charge is 0.217 e. The minimum Gasteiger partial charge on any atom is -0.496 e. The Balaban J connectivity index is 2.20. The maximum atomic E-state index is 5.40. The van der Waals surface area contributed by atoms with Gasteiger partial charge in [0, 0.05) is 11.5 Å². The summed E-state index contributed by atoms with van der Waals surface area (Å²) >= 11 is 0. The third kappa shape index (κ3) is 2.18. The number of rotatable bonds is 3. The van der Waals surface area contributed by atoms with E-state index < -0.39 is 0 Å². The molecule has 0 radical (unpaired) electrons. The van der Waals surface area contributed by atoms with Crippen molar-refractivity contribution < 1.29 is 9.47 Å². The molecule has 0 saturated heterocycles. The van der Waals surface area contributed by atoms with E-state index in [9.17, 15) is 0 Å². The number of aromatic nitrogens is 1.